The van der Waals surface area contributed by atoms with Crippen LogP contribution in [0.15, 0.2) is 36.4 Å². The van der Waals surface area contributed by atoms with Gasteiger partial charge in [0, 0.05) is 30.8 Å². The molecule has 0 spiro atoms. The van der Waals surface area contributed by atoms with Gasteiger partial charge < -0.3 is 30.3 Å². The molecule has 1 saturated heterocycles. The van der Waals surface area contributed by atoms with Gasteiger partial charge in [0.15, 0.2) is 11.6 Å². The molecule has 5 N–H and O–H groups in total. The number of aromatic carboxylic acids is 1. The summed E-state index contributed by atoms with van der Waals surface area (Å²) in [6, 6.07) is 8.04. The quantitative estimate of drug-likeness (QED) is 0.184. The first-order valence-electron chi connectivity index (χ1n) is 11.6. The number of aliphatic carboxylic acids is 1. The van der Waals surface area contributed by atoms with Crippen LogP contribution in [-0.2, 0) is 32.1 Å². The predicted octanol–water partition coefficient (Wildman–Crippen LogP) is 1.55. The summed E-state index contributed by atoms with van der Waals surface area (Å²) in [5.74, 6) is -3.58. The number of piperidine rings is 1. The van der Waals surface area contributed by atoms with Crippen LogP contribution in [0.25, 0.3) is 0 Å². The van der Waals surface area contributed by atoms with Gasteiger partial charge in [-0.3, -0.25) is 19.7 Å². The van der Waals surface area contributed by atoms with Crippen LogP contribution in [0.4, 0.5) is 10.1 Å². The second kappa shape index (κ2) is 13.3. The van der Waals surface area contributed by atoms with Crippen molar-refractivity contribution >= 4 is 29.4 Å². The minimum Gasteiger partial charge on any atom is -0.488 e. The first kappa shape index (κ1) is 27.6. The number of anilines is 1. The highest BCUT2D eigenvalue weighted by molar-refractivity contribution is 6.00. The molecular weight excluding hydrogens is 489 g/mol. The lowest BCUT2D eigenvalue weighted by Crippen LogP contribution is -2.50. The van der Waals surface area contributed by atoms with Crippen LogP contribution in [0.3, 0.4) is 0 Å². The van der Waals surface area contributed by atoms with E-state index in [1.54, 1.807) is 12.1 Å². The molecule has 1 aliphatic rings. The van der Waals surface area contributed by atoms with Gasteiger partial charge in [-0.15, -0.1) is 0 Å². The Labute approximate surface area is 212 Å². The number of benzene rings is 2. The van der Waals surface area contributed by atoms with Crippen molar-refractivity contribution in [2.24, 2.45) is 0 Å². The summed E-state index contributed by atoms with van der Waals surface area (Å²) in [5.41, 5.74) is 1.50. The lowest BCUT2D eigenvalue weighted by atomic mass is 10.0. The van der Waals surface area contributed by atoms with Gasteiger partial charge in [0.25, 0.3) is 0 Å². The van der Waals surface area contributed by atoms with E-state index in [-0.39, 0.29) is 56.4 Å². The van der Waals surface area contributed by atoms with Gasteiger partial charge >= 0.3 is 11.9 Å². The number of nitrogens with one attached hydrogen (secondary N) is 3. The van der Waals surface area contributed by atoms with Crippen LogP contribution in [0.5, 0.6) is 5.75 Å². The Morgan fingerprint density at radius 1 is 1.11 bits per heavy atom. The number of hydrogen-bond donors (Lipinski definition) is 5. The molecule has 1 atom stereocenters. The Kier molecular flexibility index (Phi) is 9.92. The minimum atomic E-state index is -1.11. The number of halogens is 1. The summed E-state index contributed by atoms with van der Waals surface area (Å²) >= 11 is 0. The molecule has 0 radical (unpaired) electrons. The molecule has 1 unspecified atom stereocenters. The fraction of sp³-hybridized carbons (Fsp3) is 0.360. The largest absolute Gasteiger partial charge is 0.488 e. The lowest BCUT2D eigenvalue weighted by molar-refractivity contribution is -0.137. The third kappa shape index (κ3) is 8.26. The Balaban J connectivity index is 1.47. The van der Waals surface area contributed by atoms with Gasteiger partial charge in [-0.1, -0.05) is 12.1 Å². The van der Waals surface area contributed by atoms with Crippen molar-refractivity contribution in [2.75, 3.05) is 31.7 Å². The summed E-state index contributed by atoms with van der Waals surface area (Å²) < 4.78 is 24.7. The first-order chi connectivity index (χ1) is 17.7. The van der Waals surface area contributed by atoms with Crippen molar-refractivity contribution in [3.63, 3.8) is 0 Å². The zero-order valence-electron chi connectivity index (χ0n) is 19.9. The number of hydrogen-bond acceptors (Lipinski definition) is 8. The maximum Gasteiger partial charge on any atom is 0.336 e. The Morgan fingerprint density at radius 3 is 2.65 bits per heavy atom. The molecule has 1 aliphatic heterocycles. The maximum absolute atomic E-state index is 13.9. The van der Waals surface area contributed by atoms with E-state index in [9.17, 15) is 28.7 Å². The van der Waals surface area contributed by atoms with E-state index < -0.39 is 29.7 Å². The molecule has 0 bridgehead atoms. The smallest absolute Gasteiger partial charge is 0.336 e. The molecule has 198 valence electrons. The third-order valence-corrected chi connectivity index (χ3v) is 5.57. The molecule has 1 heterocycles. The van der Waals surface area contributed by atoms with Crippen LogP contribution in [0.2, 0.25) is 0 Å². The van der Waals surface area contributed by atoms with Gasteiger partial charge in [-0.25, -0.2) is 9.18 Å². The average molecular weight is 518 g/mol. The monoisotopic (exact) mass is 517 g/mol. The van der Waals surface area contributed by atoms with Crippen LogP contribution >= 0.6 is 0 Å². The highest BCUT2D eigenvalue weighted by atomic mass is 19.1. The summed E-state index contributed by atoms with van der Waals surface area (Å²) in [6.45, 7) is 0.851. The molecular formula is C25H28FN3O8. The van der Waals surface area contributed by atoms with Crippen LogP contribution in [0, 0.1) is 5.82 Å². The summed E-state index contributed by atoms with van der Waals surface area (Å²) in [6.07, 6.45) is 0.288. The molecule has 2 amide bonds. The number of amides is 2. The van der Waals surface area contributed by atoms with Crippen LogP contribution in [0.1, 0.15) is 34.3 Å². The van der Waals surface area contributed by atoms with Crippen LogP contribution < -0.4 is 20.7 Å². The molecule has 1 fully saturated rings. The molecule has 3 rings (SSSR count). The normalized spacial score (nSPS) is 15.2. The van der Waals surface area contributed by atoms with Crippen LogP contribution in [-0.4, -0.2) is 66.4 Å². The maximum atomic E-state index is 13.9. The van der Waals surface area contributed by atoms with E-state index in [1.807, 2.05) is 0 Å². The zero-order valence-corrected chi connectivity index (χ0v) is 19.9. The van der Waals surface area contributed by atoms with E-state index in [0.29, 0.717) is 29.8 Å². The zero-order chi connectivity index (χ0) is 26.8. The number of ether oxygens (including phenoxy) is 2. The molecule has 2 aromatic rings. The SMILES string of the molecule is O=C(O)Cc1ccc(F)c(OCCOCCNc2cccc(C(=O)O)c2CNC2CCC(=O)NC2=O)c1. The number of carboxylic acid groups (broad SMARTS) is 2. The van der Waals surface area contributed by atoms with Crippen molar-refractivity contribution in [2.45, 2.75) is 31.8 Å². The Hall–Kier alpha value is -4.03. The molecule has 0 saturated carbocycles. The topological polar surface area (TPSA) is 163 Å². The van der Waals surface area contributed by atoms with Gasteiger partial charge in [-0.2, -0.15) is 0 Å². The van der Waals surface area contributed by atoms with Gasteiger partial charge in [0.05, 0.1) is 31.2 Å². The van der Waals surface area contributed by atoms with Crippen molar-refractivity contribution in [3.8, 4) is 5.75 Å². The van der Waals surface area contributed by atoms with E-state index in [0.717, 1.165) is 6.07 Å². The van der Waals surface area contributed by atoms with Crippen molar-refractivity contribution in [1.29, 1.82) is 0 Å². The highest BCUT2D eigenvalue weighted by Crippen LogP contribution is 2.21. The number of rotatable bonds is 14. The standard InChI is InChI=1S/C25H28FN3O8/c26-18-5-4-15(13-23(31)32)12-21(18)37-11-10-36-9-8-27-19-3-1-2-16(25(34)35)17(19)14-28-20-6-7-22(30)29-24(20)33/h1-5,12,20,27-28H,6-11,13-14H2,(H,31,32)(H,34,35)(H,29,30,33). The van der Waals surface area contributed by atoms with E-state index in [4.69, 9.17) is 14.6 Å². The Morgan fingerprint density at radius 2 is 1.92 bits per heavy atom. The van der Waals surface area contributed by atoms with Crippen molar-refractivity contribution < 1.29 is 43.3 Å². The first-order valence-corrected chi connectivity index (χ1v) is 11.6. The summed E-state index contributed by atoms with van der Waals surface area (Å²) in [4.78, 5) is 45.9. The second-order valence-electron chi connectivity index (χ2n) is 8.24. The van der Waals surface area contributed by atoms with E-state index in [1.165, 1.54) is 18.2 Å². The van der Waals surface area contributed by atoms with Crippen molar-refractivity contribution in [3.05, 3.63) is 58.9 Å². The lowest BCUT2D eigenvalue weighted by Gasteiger charge is -2.23. The fourth-order valence-electron chi connectivity index (χ4n) is 3.77. The third-order valence-electron chi connectivity index (χ3n) is 5.57. The molecule has 37 heavy (non-hydrogen) atoms. The molecule has 0 aromatic heterocycles. The summed E-state index contributed by atoms with van der Waals surface area (Å²) in [5, 5.41) is 26.8. The second-order valence-corrected chi connectivity index (χ2v) is 8.24. The van der Waals surface area contributed by atoms with Gasteiger partial charge in [-0.05, 0) is 36.2 Å². The predicted molar refractivity (Wildman–Crippen MR) is 129 cm³/mol. The fourth-order valence-corrected chi connectivity index (χ4v) is 3.77. The average Bonchev–Trinajstić information content (AvgIpc) is 2.84. The van der Waals surface area contributed by atoms with E-state index >= 15 is 0 Å². The number of carbonyl (C=O) groups excluding carboxylic acids is 2. The molecule has 2 aromatic carbocycles. The number of imide groups is 1. The summed E-state index contributed by atoms with van der Waals surface area (Å²) in [7, 11) is 0. The number of carboxylic acids is 2. The molecule has 11 nitrogen and oxygen atoms in total. The Bertz CT molecular complexity index is 1160. The van der Waals surface area contributed by atoms with E-state index in [2.05, 4.69) is 16.0 Å². The number of carbonyl (C=O) groups is 4. The molecule has 0 aliphatic carbocycles. The van der Waals surface area contributed by atoms with Crippen molar-refractivity contribution in [1.82, 2.24) is 10.6 Å². The highest BCUT2D eigenvalue weighted by Gasteiger charge is 2.26. The molecule has 12 heteroatoms. The van der Waals surface area contributed by atoms with Gasteiger partial charge in [0.1, 0.15) is 6.61 Å². The minimum absolute atomic E-state index is 0.0447. The van der Waals surface area contributed by atoms with Gasteiger partial charge in [0.2, 0.25) is 11.8 Å².